The van der Waals surface area contributed by atoms with Crippen LogP contribution in [0.5, 0.6) is 5.88 Å². The number of hydrogen-bond donors (Lipinski definition) is 2. The van der Waals surface area contributed by atoms with Crippen molar-refractivity contribution in [3.05, 3.63) is 24.4 Å². The van der Waals surface area contributed by atoms with Gasteiger partial charge in [-0.1, -0.05) is 11.3 Å². The number of nitrogens with one attached hydrogen (secondary N) is 2. The monoisotopic (exact) mass is 417 g/mol. The minimum Gasteiger partial charge on any atom is -0.480 e. The van der Waals surface area contributed by atoms with E-state index in [0.717, 1.165) is 11.1 Å². The summed E-state index contributed by atoms with van der Waals surface area (Å²) in [5.41, 5.74) is 3.21. The summed E-state index contributed by atoms with van der Waals surface area (Å²) in [7, 11) is 3.16. The van der Waals surface area contributed by atoms with Crippen LogP contribution < -0.4 is 10.1 Å². The number of H-pyrrole nitrogens is 1. The van der Waals surface area contributed by atoms with E-state index >= 15 is 0 Å². The van der Waals surface area contributed by atoms with E-state index in [1.165, 1.54) is 11.8 Å². The number of halogens is 2. The number of nitrogens with zero attached hydrogens (tertiary/aromatic N) is 5. The SMILES string of the molecule is COC[C@@H](C)Nc1nc(OC)c2c(-c3ccc4nnn(CC(F)F)c4c3)c[nH]c2n1. The molecule has 1 aromatic carbocycles. The van der Waals surface area contributed by atoms with Gasteiger partial charge in [0.2, 0.25) is 11.8 Å². The predicted octanol–water partition coefficient (Wildman–Crippen LogP) is 3.09. The predicted molar refractivity (Wildman–Crippen MR) is 108 cm³/mol. The number of methoxy groups -OCH3 is 2. The zero-order valence-electron chi connectivity index (χ0n) is 16.7. The first-order valence-electron chi connectivity index (χ1n) is 9.30. The molecule has 0 saturated heterocycles. The normalized spacial score (nSPS) is 12.7. The minimum absolute atomic E-state index is 0.0108. The van der Waals surface area contributed by atoms with Gasteiger partial charge >= 0.3 is 0 Å². The van der Waals surface area contributed by atoms with Crippen molar-refractivity contribution >= 4 is 28.0 Å². The van der Waals surface area contributed by atoms with Gasteiger partial charge in [0.05, 0.1) is 24.6 Å². The average molecular weight is 417 g/mol. The first kappa shape index (κ1) is 20.0. The van der Waals surface area contributed by atoms with E-state index in [2.05, 4.69) is 30.6 Å². The van der Waals surface area contributed by atoms with Crippen molar-refractivity contribution in [3.63, 3.8) is 0 Å². The number of aromatic nitrogens is 6. The molecule has 0 spiro atoms. The summed E-state index contributed by atoms with van der Waals surface area (Å²) in [5.74, 6) is 0.801. The van der Waals surface area contributed by atoms with Crippen LogP contribution in [-0.2, 0) is 11.3 Å². The Kier molecular flexibility index (Phi) is 5.44. The summed E-state index contributed by atoms with van der Waals surface area (Å²) in [6.45, 7) is 1.93. The second-order valence-electron chi connectivity index (χ2n) is 6.85. The van der Waals surface area contributed by atoms with E-state index < -0.39 is 13.0 Å². The highest BCUT2D eigenvalue weighted by Crippen LogP contribution is 2.35. The van der Waals surface area contributed by atoms with E-state index in [1.807, 2.05) is 13.0 Å². The third-order valence-electron chi connectivity index (χ3n) is 4.62. The van der Waals surface area contributed by atoms with Gasteiger partial charge in [-0.15, -0.1) is 5.10 Å². The smallest absolute Gasteiger partial charge is 0.258 e. The fourth-order valence-electron chi connectivity index (χ4n) is 3.35. The number of benzene rings is 1. The summed E-state index contributed by atoms with van der Waals surface area (Å²) in [6.07, 6.45) is -0.737. The van der Waals surface area contributed by atoms with Gasteiger partial charge in [0.15, 0.2) is 0 Å². The Morgan fingerprint density at radius 2 is 2.07 bits per heavy atom. The van der Waals surface area contributed by atoms with Gasteiger partial charge in [-0.2, -0.15) is 9.97 Å². The van der Waals surface area contributed by atoms with Crippen LogP contribution in [-0.4, -0.2) is 63.2 Å². The molecule has 3 aromatic heterocycles. The molecule has 3 heterocycles. The molecule has 0 aliphatic rings. The van der Waals surface area contributed by atoms with Crippen LogP contribution in [0.15, 0.2) is 24.4 Å². The van der Waals surface area contributed by atoms with Crippen molar-refractivity contribution in [2.45, 2.75) is 25.9 Å². The third-order valence-corrected chi connectivity index (χ3v) is 4.62. The highest BCUT2D eigenvalue weighted by molar-refractivity contribution is 5.99. The Balaban J connectivity index is 1.77. The highest BCUT2D eigenvalue weighted by Gasteiger charge is 2.18. The van der Waals surface area contributed by atoms with E-state index in [1.54, 1.807) is 25.4 Å². The fourth-order valence-corrected chi connectivity index (χ4v) is 3.35. The summed E-state index contributed by atoms with van der Waals surface area (Å²) >= 11 is 0. The molecular formula is C19H21F2N7O2. The molecule has 30 heavy (non-hydrogen) atoms. The largest absolute Gasteiger partial charge is 0.480 e. The van der Waals surface area contributed by atoms with Crippen molar-refractivity contribution in [3.8, 4) is 17.0 Å². The molecule has 2 N–H and O–H groups in total. The molecule has 0 aliphatic carbocycles. The zero-order valence-corrected chi connectivity index (χ0v) is 16.7. The molecule has 0 radical (unpaired) electrons. The number of alkyl halides is 2. The molecule has 0 amide bonds. The Morgan fingerprint density at radius 3 is 2.80 bits per heavy atom. The average Bonchev–Trinajstić information content (AvgIpc) is 3.31. The van der Waals surface area contributed by atoms with Crippen LogP contribution >= 0.6 is 0 Å². The molecule has 0 unspecified atom stereocenters. The van der Waals surface area contributed by atoms with E-state index in [9.17, 15) is 8.78 Å². The van der Waals surface area contributed by atoms with Gasteiger partial charge < -0.3 is 19.8 Å². The zero-order chi connectivity index (χ0) is 21.3. The Labute approximate surface area is 170 Å². The number of fused-ring (bicyclic) bond motifs is 2. The molecule has 9 nitrogen and oxygen atoms in total. The molecule has 0 bridgehead atoms. The Hall–Kier alpha value is -3.34. The van der Waals surface area contributed by atoms with Crippen LogP contribution in [0.2, 0.25) is 0 Å². The van der Waals surface area contributed by atoms with Crippen LogP contribution in [0.1, 0.15) is 6.92 Å². The van der Waals surface area contributed by atoms with Crippen molar-refractivity contribution in [2.24, 2.45) is 0 Å². The van der Waals surface area contributed by atoms with Gasteiger partial charge in [-0.3, -0.25) is 0 Å². The molecule has 1 atom stereocenters. The maximum Gasteiger partial charge on any atom is 0.258 e. The lowest BCUT2D eigenvalue weighted by atomic mass is 10.1. The quantitative estimate of drug-likeness (QED) is 0.454. The van der Waals surface area contributed by atoms with E-state index in [0.29, 0.717) is 40.5 Å². The van der Waals surface area contributed by atoms with Crippen LogP contribution in [0.25, 0.3) is 33.2 Å². The summed E-state index contributed by atoms with van der Waals surface area (Å²) < 4.78 is 37.5. The first-order valence-corrected chi connectivity index (χ1v) is 9.30. The van der Waals surface area contributed by atoms with Gasteiger partial charge in [0.1, 0.15) is 17.7 Å². The molecule has 4 aromatic rings. The summed E-state index contributed by atoms with van der Waals surface area (Å²) in [6, 6.07) is 5.37. The second-order valence-corrected chi connectivity index (χ2v) is 6.85. The molecule has 4 rings (SSSR count). The number of anilines is 1. The van der Waals surface area contributed by atoms with E-state index in [4.69, 9.17) is 9.47 Å². The van der Waals surface area contributed by atoms with Crippen LogP contribution in [0, 0.1) is 0 Å². The van der Waals surface area contributed by atoms with Crippen molar-refractivity contribution in [2.75, 3.05) is 26.1 Å². The van der Waals surface area contributed by atoms with Crippen molar-refractivity contribution in [1.82, 2.24) is 29.9 Å². The second kappa shape index (κ2) is 8.19. The van der Waals surface area contributed by atoms with Crippen LogP contribution in [0.4, 0.5) is 14.7 Å². The summed E-state index contributed by atoms with van der Waals surface area (Å²) in [4.78, 5) is 12.1. The highest BCUT2D eigenvalue weighted by atomic mass is 19.3. The number of ether oxygens (including phenoxy) is 2. The number of aromatic amines is 1. The third kappa shape index (κ3) is 3.75. The lowest BCUT2D eigenvalue weighted by Gasteiger charge is -2.13. The lowest BCUT2D eigenvalue weighted by Crippen LogP contribution is -2.22. The molecule has 0 fully saturated rings. The fraction of sp³-hybridized carbons (Fsp3) is 0.368. The molecule has 158 valence electrons. The van der Waals surface area contributed by atoms with Gasteiger partial charge in [0.25, 0.3) is 6.43 Å². The lowest BCUT2D eigenvalue weighted by molar-refractivity contribution is 0.122. The van der Waals surface area contributed by atoms with E-state index in [-0.39, 0.29) is 6.04 Å². The molecule has 0 saturated carbocycles. The van der Waals surface area contributed by atoms with Gasteiger partial charge in [-0.05, 0) is 24.6 Å². The van der Waals surface area contributed by atoms with Crippen molar-refractivity contribution in [1.29, 1.82) is 0 Å². The summed E-state index contributed by atoms with van der Waals surface area (Å²) in [5, 5.41) is 11.6. The molecule has 0 aliphatic heterocycles. The van der Waals surface area contributed by atoms with Gasteiger partial charge in [-0.25, -0.2) is 13.5 Å². The maximum atomic E-state index is 12.8. The Morgan fingerprint density at radius 1 is 1.23 bits per heavy atom. The number of rotatable bonds is 8. The van der Waals surface area contributed by atoms with Crippen molar-refractivity contribution < 1.29 is 18.3 Å². The standard InChI is InChI=1S/C19H21F2N7O2/c1-10(9-29-2)23-19-24-17-16(18(25-19)30-3)12(7-22-17)11-4-5-13-14(6-11)28(27-26-13)8-15(20)21/h4-7,10,15H,8-9H2,1-3H3,(H2,22,23,24,25)/t10-/m1/s1. The molecule has 11 heteroatoms. The number of hydrogen-bond acceptors (Lipinski definition) is 7. The maximum absolute atomic E-state index is 12.8. The van der Waals surface area contributed by atoms with Crippen LogP contribution in [0.3, 0.4) is 0 Å². The molecular weight excluding hydrogens is 396 g/mol. The first-order chi connectivity index (χ1) is 14.5. The minimum atomic E-state index is -2.52. The van der Waals surface area contributed by atoms with Gasteiger partial charge in [0, 0.05) is 24.9 Å². The topological polar surface area (TPSA) is 103 Å². The Bertz CT molecular complexity index is 1170.